The molecule has 134 valence electrons. The van der Waals surface area contributed by atoms with Crippen LogP contribution in [0.3, 0.4) is 0 Å². The van der Waals surface area contributed by atoms with Gasteiger partial charge >= 0.3 is 0 Å². The minimum absolute atomic E-state index is 0.0481. The molecule has 0 aliphatic carbocycles. The smallest absolute Gasteiger partial charge is 0.244 e. The van der Waals surface area contributed by atoms with Crippen LogP contribution in [0.1, 0.15) is 29.7 Å². The molecule has 0 bridgehead atoms. The van der Waals surface area contributed by atoms with Gasteiger partial charge in [-0.25, -0.2) is 0 Å². The highest BCUT2D eigenvalue weighted by atomic mass is 16.2. The zero-order valence-electron chi connectivity index (χ0n) is 15.6. The average Bonchev–Trinajstić information content (AvgIpc) is 2.65. The Hall–Kier alpha value is -2.95. The summed E-state index contributed by atoms with van der Waals surface area (Å²) >= 11 is 0. The summed E-state index contributed by atoms with van der Waals surface area (Å²) < 4.78 is 1.59. The molecular weight excluding hydrogens is 326 g/mol. The molecule has 5 nitrogen and oxygen atoms in total. The Morgan fingerprint density at radius 1 is 1.19 bits per heavy atom. The van der Waals surface area contributed by atoms with Gasteiger partial charge in [0.25, 0.3) is 0 Å². The molecule has 0 aliphatic heterocycles. The highest BCUT2D eigenvalue weighted by molar-refractivity contribution is 5.81. The fourth-order valence-corrected chi connectivity index (χ4v) is 3.16. The molecule has 26 heavy (non-hydrogen) atoms. The van der Waals surface area contributed by atoms with E-state index in [1.54, 1.807) is 22.7 Å². The number of para-hydroxylation sites is 1. The van der Waals surface area contributed by atoms with Gasteiger partial charge in [0.05, 0.1) is 17.8 Å². The number of carbonyl (C=O) groups excluding carboxylic acids is 1. The largest absolute Gasteiger partial charge is 0.337 e. The van der Waals surface area contributed by atoms with E-state index in [1.807, 2.05) is 32.0 Å². The molecule has 0 saturated heterocycles. The number of fused-ring (bicyclic) bond motifs is 1. The zero-order chi connectivity index (χ0) is 18.8. The molecule has 5 heteroatoms. The van der Waals surface area contributed by atoms with Gasteiger partial charge in [-0.1, -0.05) is 35.9 Å². The summed E-state index contributed by atoms with van der Waals surface area (Å²) in [5.41, 5.74) is 4.00. The van der Waals surface area contributed by atoms with E-state index < -0.39 is 0 Å². The van der Waals surface area contributed by atoms with Crippen LogP contribution in [0.4, 0.5) is 0 Å². The van der Waals surface area contributed by atoms with Gasteiger partial charge in [-0.05, 0) is 44.0 Å². The van der Waals surface area contributed by atoms with Gasteiger partial charge in [0.1, 0.15) is 6.54 Å². The zero-order valence-corrected chi connectivity index (χ0v) is 15.6. The number of nitrogens with zero attached hydrogens (tertiary/aromatic N) is 3. The Bertz CT molecular complexity index is 1020. The van der Waals surface area contributed by atoms with E-state index in [2.05, 4.69) is 30.2 Å². The minimum Gasteiger partial charge on any atom is -0.337 e. The van der Waals surface area contributed by atoms with Crippen molar-refractivity contribution >= 4 is 16.8 Å². The second kappa shape index (κ2) is 7.12. The van der Waals surface area contributed by atoms with E-state index in [9.17, 15) is 9.59 Å². The molecule has 2 aromatic carbocycles. The van der Waals surface area contributed by atoms with Gasteiger partial charge in [-0.15, -0.1) is 0 Å². The van der Waals surface area contributed by atoms with Crippen LogP contribution in [0.2, 0.25) is 0 Å². The highest BCUT2D eigenvalue weighted by Gasteiger charge is 2.20. The van der Waals surface area contributed by atoms with Crippen molar-refractivity contribution < 1.29 is 4.79 Å². The molecule has 1 aromatic heterocycles. The lowest BCUT2D eigenvalue weighted by molar-refractivity contribution is -0.132. The first kappa shape index (κ1) is 17.9. The first-order valence-corrected chi connectivity index (χ1v) is 8.66. The molecule has 0 N–H and O–H groups in total. The molecule has 1 atom stereocenters. The first-order chi connectivity index (χ1) is 12.4. The molecule has 0 fully saturated rings. The molecule has 0 spiro atoms. The molecule has 1 heterocycles. The van der Waals surface area contributed by atoms with Crippen molar-refractivity contribution in [3.8, 4) is 0 Å². The Morgan fingerprint density at radius 3 is 2.69 bits per heavy atom. The number of aryl methyl sites for hydroxylation is 2. The molecule has 0 saturated carbocycles. The van der Waals surface area contributed by atoms with Gasteiger partial charge < -0.3 is 4.90 Å². The van der Waals surface area contributed by atoms with Gasteiger partial charge in [-0.3, -0.25) is 14.3 Å². The quantitative estimate of drug-likeness (QED) is 0.727. The number of hydrogen-bond acceptors (Lipinski definition) is 3. The lowest BCUT2D eigenvalue weighted by Crippen LogP contribution is -2.33. The van der Waals surface area contributed by atoms with E-state index in [-0.39, 0.29) is 23.9 Å². The average molecular weight is 349 g/mol. The summed E-state index contributed by atoms with van der Waals surface area (Å²) in [5.74, 6) is -0.0558. The number of amides is 1. The molecule has 3 aromatic rings. The standard InChI is InChI=1S/C21H23N3O2/c1-14-9-10-15(2)18(11-14)16(3)23(4)21(26)13-24-19-8-6-5-7-17(19)20(25)12-22-24/h5-12,16H,13H2,1-4H3. The monoisotopic (exact) mass is 349 g/mol. The second-order valence-corrected chi connectivity index (χ2v) is 6.72. The van der Waals surface area contributed by atoms with E-state index in [0.717, 1.165) is 11.1 Å². The van der Waals surface area contributed by atoms with Gasteiger partial charge in [0.15, 0.2) is 0 Å². The summed E-state index contributed by atoms with van der Waals surface area (Å²) in [6.45, 7) is 6.22. The molecule has 1 amide bonds. The summed E-state index contributed by atoms with van der Waals surface area (Å²) in [5, 5.41) is 4.72. The predicted octanol–water partition coefficient (Wildman–Crippen LogP) is 3.23. The van der Waals surface area contributed by atoms with Crippen molar-refractivity contribution in [2.24, 2.45) is 0 Å². The van der Waals surface area contributed by atoms with E-state index in [4.69, 9.17) is 0 Å². The first-order valence-electron chi connectivity index (χ1n) is 8.66. The van der Waals surface area contributed by atoms with Crippen molar-refractivity contribution in [3.63, 3.8) is 0 Å². The normalized spacial score (nSPS) is 12.2. The van der Waals surface area contributed by atoms with Crippen LogP contribution in [0.5, 0.6) is 0 Å². The highest BCUT2D eigenvalue weighted by Crippen LogP contribution is 2.24. The van der Waals surface area contributed by atoms with Crippen LogP contribution in [0.25, 0.3) is 10.9 Å². The molecule has 0 radical (unpaired) electrons. The molecule has 1 unspecified atom stereocenters. The van der Waals surface area contributed by atoms with Gasteiger partial charge in [-0.2, -0.15) is 5.10 Å². The van der Waals surface area contributed by atoms with E-state index in [1.165, 1.54) is 11.8 Å². The number of carbonyl (C=O) groups is 1. The van der Waals surface area contributed by atoms with Crippen molar-refractivity contribution in [3.05, 3.63) is 75.6 Å². The summed E-state index contributed by atoms with van der Waals surface area (Å²) in [7, 11) is 1.81. The Kier molecular flexibility index (Phi) is 4.89. The lowest BCUT2D eigenvalue weighted by atomic mass is 9.99. The van der Waals surface area contributed by atoms with Crippen molar-refractivity contribution in [1.29, 1.82) is 0 Å². The maximum atomic E-state index is 12.8. The fraction of sp³-hybridized carbons (Fsp3) is 0.286. The molecule has 3 rings (SSSR count). The third-order valence-electron chi connectivity index (χ3n) is 4.91. The number of aromatic nitrogens is 2. The van der Waals surface area contributed by atoms with Crippen LogP contribution < -0.4 is 5.43 Å². The van der Waals surface area contributed by atoms with Crippen molar-refractivity contribution in [1.82, 2.24) is 14.7 Å². The SMILES string of the molecule is Cc1ccc(C)c(C(C)N(C)C(=O)Cn2ncc(=O)c3ccccc32)c1. The van der Waals surface area contributed by atoms with Crippen molar-refractivity contribution in [2.75, 3.05) is 7.05 Å². The number of likely N-dealkylation sites (N-methyl/N-ethyl adjacent to an activating group) is 1. The van der Waals surface area contributed by atoms with Gasteiger partial charge in [0, 0.05) is 12.4 Å². The Balaban J connectivity index is 1.87. The Labute approximate surface area is 152 Å². The predicted molar refractivity (Wildman–Crippen MR) is 103 cm³/mol. The summed E-state index contributed by atoms with van der Waals surface area (Å²) in [6.07, 6.45) is 1.27. The van der Waals surface area contributed by atoms with Crippen LogP contribution in [-0.2, 0) is 11.3 Å². The van der Waals surface area contributed by atoms with E-state index >= 15 is 0 Å². The van der Waals surface area contributed by atoms with Crippen LogP contribution >= 0.6 is 0 Å². The topological polar surface area (TPSA) is 55.2 Å². The third kappa shape index (κ3) is 3.38. The maximum Gasteiger partial charge on any atom is 0.244 e. The molecule has 0 aliphatic rings. The maximum absolute atomic E-state index is 12.8. The minimum atomic E-state index is -0.138. The summed E-state index contributed by atoms with van der Waals surface area (Å²) in [6, 6.07) is 13.4. The molecular formula is C21H23N3O2. The van der Waals surface area contributed by atoms with E-state index in [0.29, 0.717) is 10.9 Å². The third-order valence-corrected chi connectivity index (χ3v) is 4.91. The van der Waals surface area contributed by atoms with Gasteiger partial charge in [0.2, 0.25) is 11.3 Å². The number of benzene rings is 2. The number of rotatable bonds is 4. The van der Waals surface area contributed by atoms with Crippen LogP contribution in [0.15, 0.2) is 53.5 Å². The number of hydrogen-bond donors (Lipinski definition) is 0. The fourth-order valence-electron chi connectivity index (χ4n) is 3.16. The van der Waals surface area contributed by atoms with Crippen LogP contribution in [-0.4, -0.2) is 27.6 Å². The second-order valence-electron chi connectivity index (χ2n) is 6.72. The summed E-state index contributed by atoms with van der Waals surface area (Å²) in [4.78, 5) is 26.5. The van der Waals surface area contributed by atoms with Crippen LogP contribution in [0, 0.1) is 13.8 Å². The lowest BCUT2D eigenvalue weighted by Gasteiger charge is -2.27. The Morgan fingerprint density at radius 2 is 1.92 bits per heavy atom. The van der Waals surface area contributed by atoms with Crippen molar-refractivity contribution in [2.45, 2.75) is 33.4 Å².